The van der Waals surface area contributed by atoms with Gasteiger partial charge in [-0.1, -0.05) is 12.1 Å². The molecule has 2 amide bonds. The van der Waals surface area contributed by atoms with E-state index in [1.54, 1.807) is 23.6 Å². The maximum absolute atomic E-state index is 12.8. The molecule has 0 saturated carbocycles. The van der Waals surface area contributed by atoms with Gasteiger partial charge in [-0.15, -0.1) is 11.3 Å². The van der Waals surface area contributed by atoms with E-state index in [-0.39, 0.29) is 36.1 Å². The van der Waals surface area contributed by atoms with Gasteiger partial charge in [-0.2, -0.15) is 0 Å². The molecule has 35 heavy (non-hydrogen) atoms. The summed E-state index contributed by atoms with van der Waals surface area (Å²) in [6.45, 7) is 1.21. The molecular formula is C24H25N3O7S. The molecule has 0 aliphatic carbocycles. The van der Waals surface area contributed by atoms with Crippen molar-refractivity contribution < 1.29 is 33.3 Å². The van der Waals surface area contributed by atoms with Crippen LogP contribution in [0.4, 0.5) is 11.4 Å². The number of nitrogens with one attached hydrogen (secondary N) is 2. The topological polar surface area (TPSA) is 125 Å². The number of thiazole rings is 1. The molecule has 3 rings (SSSR count). The van der Waals surface area contributed by atoms with Gasteiger partial charge in [-0.3, -0.25) is 9.59 Å². The molecule has 0 radical (unpaired) electrons. The monoisotopic (exact) mass is 499 g/mol. The third-order valence-electron chi connectivity index (χ3n) is 4.70. The SMILES string of the molecule is COc1ccccc1NC(=O)Cc1nc(COC(=O)c2cc(OC)c(OC)cc2NC(C)=O)cs1. The highest BCUT2D eigenvalue weighted by atomic mass is 32.1. The minimum absolute atomic E-state index is 0.0546. The van der Waals surface area contributed by atoms with E-state index < -0.39 is 5.97 Å². The molecule has 2 aromatic carbocycles. The van der Waals surface area contributed by atoms with E-state index in [2.05, 4.69) is 15.6 Å². The van der Waals surface area contributed by atoms with Crippen LogP contribution in [-0.4, -0.2) is 44.1 Å². The summed E-state index contributed by atoms with van der Waals surface area (Å²) in [5.74, 6) is -0.0760. The highest BCUT2D eigenvalue weighted by molar-refractivity contribution is 7.09. The molecule has 0 spiro atoms. The summed E-state index contributed by atoms with van der Waals surface area (Å²) in [7, 11) is 4.41. The Morgan fingerprint density at radius 2 is 1.60 bits per heavy atom. The van der Waals surface area contributed by atoms with Crippen molar-refractivity contribution in [1.29, 1.82) is 0 Å². The first-order valence-corrected chi connectivity index (χ1v) is 11.3. The number of para-hydroxylation sites is 2. The van der Waals surface area contributed by atoms with Crippen LogP contribution in [0.5, 0.6) is 17.2 Å². The average Bonchev–Trinajstić information content (AvgIpc) is 3.29. The maximum Gasteiger partial charge on any atom is 0.340 e. The number of amides is 2. The number of methoxy groups -OCH3 is 3. The van der Waals surface area contributed by atoms with E-state index in [1.165, 1.54) is 51.7 Å². The van der Waals surface area contributed by atoms with Gasteiger partial charge in [0.25, 0.3) is 0 Å². The number of hydrogen-bond donors (Lipinski definition) is 2. The third kappa shape index (κ3) is 6.70. The minimum Gasteiger partial charge on any atom is -0.495 e. The van der Waals surface area contributed by atoms with Gasteiger partial charge in [0.05, 0.1) is 50.4 Å². The number of esters is 1. The number of rotatable bonds is 10. The summed E-state index contributed by atoms with van der Waals surface area (Å²) >= 11 is 1.28. The highest BCUT2D eigenvalue weighted by Gasteiger charge is 2.20. The number of hydrogen-bond acceptors (Lipinski definition) is 9. The summed E-state index contributed by atoms with van der Waals surface area (Å²) in [6.07, 6.45) is 0.0546. The van der Waals surface area contributed by atoms with Gasteiger partial charge < -0.3 is 29.6 Å². The van der Waals surface area contributed by atoms with E-state index in [0.717, 1.165) is 0 Å². The van der Waals surface area contributed by atoms with Crippen molar-refractivity contribution in [3.05, 3.63) is 58.0 Å². The molecule has 0 aliphatic heterocycles. The Balaban J connectivity index is 1.65. The number of benzene rings is 2. The van der Waals surface area contributed by atoms with E-state index in [0.29, 0.717) is 33.6 Å². The molecule has 10 nitrogen and oxygen atoms in total. The van der Waals surface area contributed by atoms with Crippen molar-refractivity contribution in [1.82, 2.24) is 4.98 Å². The Morgan fingerprint density at radius 1 is 0.914 bits per heavy atom. The molecule has 1 aromatic heterocycles. The normalized spacial score (nSPS) is 10.3. The van der Waals surface area contributed by atoms with E-state index in [4.69, 9.17) is 18.9 Å². The molecular weight excluding hydrogens is 474 g/mol. The van der Waals surface area contributed by atoms with Crippen LogP contribution in [0.1, 0.15) is 28.0 Å². The van der Waals surface area contributed by atoms with Crippen molar-refractivity contribution in [3.63, 3.8) is 0 Å². The highest BCUT2D eigenvalue weighted by Crippen LogP contribution is 2.34. The van der Waals surface area contributed by atoms with E-state index in [9.17, 15) is 14.4 Å². The maximum atomic E-state index is 12.8. The van der Waals surface area contributed by atoms with Crippen molar-refractivity contribution in [2.45, 2.75) is 20.0 Å². The van der Waals surface area contributed by atoms with Crippen molar-refractivity contribution in [3.8, 4) is 17.2 Å². The molecule has 2 N–H and O–H groups in total. The number of anilines is 2. The standard InChI is InChI=1S/C24H25N3O7S/c1-14(28)25-18-10-21(33-4)20(32-3)9-16(18)24(30)34-12-15-13-35-23(26-15)11-22(29)27-17-7-5-6-8-19(17)31-2/h5-10,13H,11-12H2,1-4H3,(H,25,28)(H,27,29). The van der Waals surface area contributed by atoms with Crippen LogP contribution in [0.3, 0.4) is 0 Å². The Bertz CT molecular complexity index is 1230. The molecule has 0 aliphatic rings. The van der Waals surface area contributed by atoms with Crippen LogP contribution < -0.4 is 24.8 Å². The smallest absolute Gasteiger partial charge is 0.340 e. The Labute approximate surface area is 206 Å². The fourth-order valence-corrected chi connectivity index (χ4v) is 3.91. The first-order chi connectivity index (χ1) is 16.8. The molecule has 0 fully saturated rings. The quantitative estimate of drug-likeness (QED) is 0.405. The molecule has 3 aromatic rings. The Kier molecular flexibility index (Phi) is 8.63. The molecule has 0 saturated heterocycles. The lowest BCUT2D eigenvalue weighted by Crippen LogP contribution is -2.15. The first-order valence-electron chi connectivity index (χ1n) is 10.4. The summed E-state index contributed by atoms with van der Waals surface area (Å²) in [5, 5.41) is 7.66. The van der Waals surface area contributed by atoms with E-state index in [1.807, 2.05) is 6.07 Å². The molecule has 0 unspecified atom stereocenters. The second kappa shape index (κ2) is 11.8. The van der Waals surface area contributed by atoms with Crippen LogP contribution in [0, 0.1) is 0 Å². The zero-order valence-electron chi connectivity index (χ0n) is 19.7. The van der Waals surface area contributed by atoms with Gasteiger partial charge in [0.1, 0.15) is 17.4 Å². The van der Waals surface area contributed by atoms with Crippen LogP contribution >= 0.6 is 11.3 Å². The van der Waals surface area contributed by atoms with Gasteiger partial charge >= 0.3 is 5.97 Å². The first kappa shape index (κ1) is 25.5. The molecule has 0 bridgehead atoms. The summed E-state index contributed by atoms with van der Waals surface area (Å²) in [5.41, 5.74) is 1.39. The van der Waals surface area contributed by atoms with Gasteiger partial charge in [-0.05, 0) is 12.1 Å². The van der Waals surface area contributed by atoms with Gasteiger partial charge in [0.15, 0.2) is 11.5 Å². The van der Waals surface area contributed by atoms with Crippen LogP contribution in [-0.2, 0) is 27.4 Å². The predicted molar refractivity (Wildman–Crippen MR) is 130 cm³/mol. The number of carbonyl (C=O) groups excluding carboxylic acids is 3. The van der Waals surface area contributed by atoms with E-state index >= 15 is 0 Å². The average molecular weight is 500 g/mol. The van der Waals surface area contributed by atoms with Crippen molar-refractivity contribution >= 4 is 40.5 Å². The zero-order chi connectivity index (χ0) is 25.4. The lowest BCUT2D eigenvalue weighted by molar-refractivity contribution is -0.116. The van der Waals surface area contributed by atoms with Crippen LogP contribution in [0.15, 0.2) is 41.8 Å². The summed E-state index contributed by atoms with van der Waals surface area (Å²) in [6, 6.07) is 10.0. The van der Waals surface area contributed by atoms with Gasteiger partial charge in [-0.25, -0.2) is 9.78 Å². The Morgan fingerprint density at radius 3 is 2.29 bits per heavy atom. The largest absolute Gasteiger partial charge is 0.495 e. The number of carbonyl (C=O) groups is 3. The summed E-state index contributed by atoms with van der Waals surface area (Å²) in [4.78, 5) is 41.1. The second-order valence-corrected chi connectivity index (χ2v) is 8.11. The fourth-order valence-electron chi connectivity index (χ4n) is 3.13. The van der Waals surface area contributed by atoms with Crippen molar-refractivity contribution in [2.24, 2.45) is 0 Å². The fraction of sp³-hybridized carbons (Fsp3) is 0.250. The molecule has 0 atom stereocenters. The lowest BCUT2D eigenvalue weighted by Gasteiger charge is -2.14. The van der Waals surface area contributed by atoms with Gasteiger partial charge in [0, 0.05) is 24.4 Å². The number of nitrogens with zero attached hydrogens (tertiary/aromatic N) is 1. The predicted octanol–water partition coefficient (Wildman–Crippen LogP) is 3.67. The number of ether oxygens (including phenoxy) is 4. The zero-order valence-corrected chi connectivity index (χ0v) is 20.5. The van der Waals surface area contributed by atoms with Crippen molar-refractivity contribution in [2.75, 3.05) is 32.0 Å². The minimum atomic E-state index is -0.682. The van der Waals surface area contributed by atoms with Gasteiger partial charge in [0.2, 0.25) is 11.8 Å². The number of aromatic nitrogens is 1. The summed E-state index contributed by atoms with van der Waals surface area (Å²) < 4.78 is 21.1. The second-order valence-electron chi connectivity index (χ2n) is 7.17. The molecule has 184 valence electrons. The van der Waals surface area contributed by atoms with Crippen LogP contribution in [0.25, 0.3) is 0 Å². The third-order valence-corrected chi connectivity index (χ3v) is 5.60. The molecule has 1 heterocycles. The lowest BCUT2D eigenvalue weighted by atomic mass is 10.1. The Hall–Kier alpha value is -4.12. The molecule has 11 heteroatoms. The van der Waals surface area contributed by atoms with Crippen LogP contribution in [0.2, 0.25) is 0 Å².